The summed E-state index contributed by atoms with van der Waals surface area (Å²) < 4.78 is 7.29. The lowest BCUT2D eigenvalue weighted by molar-refractivity contribution is 0.0993. The van der Waals surface area contributed by atoms with Crippen LogP contribution in [0.2, 0.25) is 5.04 Å². The summed E-state index contributed by atoms with van der Waals surface area (Å²) in [6.07, 6.45) is 1.86. The number of aliphatic hydroxyl groups excluding tert-OH is 1. The molecular formula is C25H33NO2Si. The average Bonchev–Trinajstić information content (AvgIpc) is 3.18. The molecule has 2 atom stereocenters. The number of benzene rings is 2. The van der Waals surface area contributed by atoms with Crippen LogP contribution in [-0.4, -0.2) is 49.7 Å². The van der Waals surface area contributed by atoms with Gasteiger partial charge < -0.3 is 9.53 Å². The number of nitrogens with zero attached hydrogens (tertiary/aromatic N) is 1. The lowest BCUT2D eigenvalue weighted by Crippen LogP contribution is -2.67. The normalized spacial score (nSPS) is 25.4. The average molecular weight is 408 g/mol. The van der Waals surface area contributed by atoms with Crippen LogP contribution >= 0.6 is 0 Å². The Bertz CT molecular complexity index is 822. The van der Waals surface area contributed by atoms with Crippen molar-refractivity contribution in [1.29, 1.82) is 0 Å². The number of rotatable bonds is 5. The molecule has 0 amide bonds. The van der Waals surface area contributed by atoms with Gasteiger partial charge in [-0.2, -0.15) is 0 Å². The third-order valence-corrected chi connectivity index (χ3v) is 11.8. The van der Waals surface area contributed by atoms with Crippen molar-refractivity contribution >= 4 is 18.7 Å². The van der Waals surface area contributed by atoms with Crippen molar-refractivity contribution in [3.8, 4) is 0 Å². The molecule has 2 aromatic carbocycles. The lowest BCUT2D eigenvalue weighted by Gasteiger charge is -2.44. The van der Waals surface area contributed by atoms with Crippen molar-refractivity contribution in [2.24, 2.45) is 0 Å². The Morgan fingerprint density at radius 2 is 1.62 bits per heavy atom. The van der Waals surface area contributed by atoms with E-state index >= 15 is 0 Å². The van der Waals surface area contributed by atoms with Crippen LogP contribution in [0.5, 0.6) is 0 Å². The maximum atomic E-state index is 10.2. The van der Waals surface area contributed by atoms with Gasteiger partial charge in [0.1, 0.15) is 0 Å². The van der Waals surface area contributed by atoms with Crippen LogP contribution < -0.4 is 10.4 Å². The fourth-order valence-corrected chi connectivity index (χ4v) is 10.2. The van der Waals surface area contributed by atoms with Crippen molar-refractivity contribution in [3.63, 3.8) is 0 Å². The van der Waals surface area contributed by atoms with Gasteiger partial charge in [-0.05, 0) is 28.3 Å². The van der Waals surface area contributed by atoms with Crippen LogP contribution in [0.3, 0.4) is 0 Å². The quantitative estimate of drug-likeness (QED) is 0.610. The second kappa shape index (κ2) is 7.51. The molecule has 2 saturated heterocycles. The largest absolute Gasteiger partial charge is 0.403 e. The van der Waals surface area contributed by atoms with E-state index < -0.39 is 8.32 Å². The number of hydrogen-bond donors (Lipinski definition) is 1. The minimum absolute atomic E-state index is 0.0291. The smallest absolute Gasteiger partial charge is 0.261 e. The first kappa shape index (κ1) is 20.5. The Morgan fingerprint density at radius 3 is 2.07 bits per heavy atom. The van der Waals surface area contributed by atoms with E-state index in [1.807, 2.05) is 0 Å². The summed E-state index contributed by atoms with van der Waals surface area (Å²) in [6.45, 7) is 13.0. The maximum Gasteiger partial charge on any atom is 0.261 e. The SMILES string of the molecule is C=C1CN2C[C@H](O[Si](c3ccccc3)(c3ccccc3)C(C)(C)C)C[C@]2(CO)C1. The molecule has 29 heavy (non-hydrogen) atoms. The Morgan fingerprint density at radius 1 is 1.07 bits per heavy atom. The van der Waals surface area contributed by atoms with Gasteiger partial charge in [-0.25, -0.2) is 0 Å². The molecule has 0 unspecified atom stereocenters. The molecule has 2 fully saturated rings. The van der Waals surface area contributed by atoms with E-state index in [4.69, 9.17) is 4.43 Å². The number of hydrogen-bond acceptors (Lipinski definition) is 3. The zero-order chi connectivity index (χ0) is 20.7. The van der Waals surface area contributed by atoms with E-state index in [9.17, 15) is 5.11 Å². The first-order valence-corrected chi connectivity index (χ1v) is 12.5. The van der Waals surface area contributed by atoms with Crippen LogP contribution in [0.1, 0.15) is 33.6 Å². The first-order chi connectivity index (χ1) is 13.8. The molecule has 154 valence electrons. The summed E-state index contributed by atoms with van der Waals surface area (Å²) in [5.41, 5.74) is 1.04. The zero-order valence-corrected chi connectivity index (χ0v) is 18.9. The minimum atomic E-state index is -2.56. The summed E-state index contributed by atoms with van der Waals surface area (Å²) in [6, 6.07) is 21.6. The summed E-state index contributed by atoms with van der Waals surface area (Å²) in [5.74, 6) is 0. The Balaban J connectivity index is 1.77. The maximum absolute atomic E-state index is 10.2. The van der Waals surface area contributed by atoms with E-state index in [0.717, 1.165) is 25.9 Å². The molecular weight excluding hydrogens is 374 g/mol. The highest BCUT2D eigenvalue weighted by Crippen LogP contribution is 2.44. The number of aliphatic hydroxyl groups is 1. The molecule has 2 aliphatic heterocycles. The molecule has 2 aliphatic rings. The molecule has 0 radical (unpaired) electrons. The third-order valence-electron chi connectivity index (χ3n) is 6.75. The molecule has 4 rings (SSSR count). The predicted molar refractivity (Wildman–Crippen MR) is 122 cm³/mol. The van der Waals surface area contributed by atoms with E-state index in [2.05, 4.69) is 92.9 Å². The van der Waals surface area contributed by atoms with Crippen molar-refractivity contribution in [2.75, 3.05) is 19.7 Å². The molecule has 4 heteroatoms. The van der Waals surface area contributed by atoms with E-state index in [0.29, 0.717) is 0 Å². The Hall–Kier alpha value is -1.72. The Kier molecular flexibility index (Phi) is 5.32. The van der Waals surface area contributed by atoms with Crippen LogP contribution in [0.25, 0.3) is 0 Å². The minimum Gasteiger partial charge on any atom is -0.403 e. The molecule has 3 nitrogen and oxygen atoms in total. The molecule has 2 aromatic rings. The summed E-state index contributed by atoms with van der Waals surface area (Å²) in [4.78, 5) is 2.40. The first-order valence-electron chi connectivity index (χ1n) is 10.6. The molecule has 0 bridgehead atoms. The lowest BCUT2D eigenvalue weighted by atomic mass is 9.93. The topological polar surface area (TPSA) is 32.7 Å². The van der Waals surface area contributed by atoms with E-state index in [1.165, 1.54) is 15.9 Å². The fourth-order valence-electron chi connectivity index (χ4n) is 5.50. The van der Waals surface area contributed by atoms with Gasteiger partial charge in [0.05, 0.1) is 18.2 Å². The summed E-state index contributed by atoms with van der Waals surface area (Å²) in [7, 11) is -2.56. The molecule has 1 N–H and O–H groups in total. The molecule has 0 spiro atoms. The standard InChI is InChI=1S/C25H33NO2Si/c1-20-15-25(19-27)16-21(18-26(25)17-20)28-29(24(2,3)4,22-11-7-5-8-12-22)23-13-9-6-10-14-23/h5-14,21,27H,1,15-19H2,2-4H3/t21-,25+/m1/s1. The Labute approximate surface area is 176 Å². The highest BCUT2D eigenvalue weighted by Gasteiger charge is 2.56. The molecule has 0 aliphatic carbocycles. The van der Waals surface area contributed by atoms with Gasteiger partial charge in [0.25, 0.3) is 8.32 Å². The van der Waals surface area contributed by atoms with Gasteiger partial charge in [-0.3, -0.25) is 4.90 Å². The van der Waals surface area contributed by atoms with Crippen LogP contribution in [0, 0.1) is 0 Å². The van der Waals surface area contributed by atoms with Gasteiger partial charge >= 0.3 is 0 Å². The molecule has 0 saturated carbocycles. The van der Waals surface area contributed by atoms with Crippen molar-refractivity contribution in [3.05, 3.63) is 72.8 Å². The second-order valence-corrected chi connectivity index (χ2v) is 14.0. The van der Waals surface area contributed by atoms with Crippen LogP contribution in [0.4, 0.5) is 0 Å². The molecule has 0 aromatic heterocycles. The summed E-state index contributed by atoms with van der Waals surface area (Å²) in [5, 5.41) is 12.8. The highest BCUT2D eigenvalue weighted by molar-refractivity contribution is 6.99. The van der Waals surface area contributed by atoms with Crippen molar-refractivity contribution in [1.82, 2.24) is 4.90 Å². The van der Waals surface area contributed by atoms with Gasteiger partial charge in [-0.15, -0.1) is 0 Å². The fraction of sp³-hybridized carbons (Fsp3) is 0.440. The predicted octanol–water partition coefficient (Wildman–Crippen LogP) is 3.33. The highest BCUT2D eigenvalue weighted by atomic mass is 28.4. The van der Waals surface area contributed by atoms with Gasteiger partial charge in [0, 0.05) is 13.1 Å². The van der Waals surface area contributed by atoms with Gasteiger partial charge in [0.15, 0.2) is 0 Å². The summed E-state index contributed by atoms with van der Waals surface area (Å²) >= 11 is 0. The van der Waals surface area contributed by atoms with Crippen molar-refractivity contribution < 1.29 is 9.53 Å². The van der Waals surface area contributed by atoms with E-state index in [-0.39, 0.29) is 23.3 Å². The van der Waals surface area contributed by atoms with E-state index in [1.54, 1.807) is 0 Å². The molecule has 2 heterocycles. The third kappa shape index (κ3) is 3.42. The van der Waals surface area contributed by atoms with Crippen LogP contribution in [-0.2, 0) is 4.43 Å². The van der Waals surface area contributed by atoms with Gasteiger partial charge in [-0.1, -0.05) is 93.6 Å². The second-order valence-electron chi connectivity index (χ2n) is 9.80. The van der Waals surface area contributed by atoms with Crippen LogP contribution in [0.15, 0.2) is 72.8 Å². The van der Waals surface area contributed by atoms with Crippen molar-refractivity contribution in [2.45, 2.75) is 50.3 Å². The van der Waals surface area contributed by atoms with Gasteiger partial charge in [0.2, 0.25) is 0 Å². The monoisotopic (exact) mass is 407 g/mol. The zero-order valence-electron chi connectivity index (χ0n) is 17.9. The number of fused-ring (bicyclic) bond motifs is 1.